The molecule has 0 spiro atoms. The summed E-state index contributed by atoms with van der Waals surface area (Å²) >= 11 is 18.6. The monoisotopic (exact) mass is 427 g/mol. The van der Waals surface area contributed by atoms with Crippen LogP contribution in [0, 0.1) is 0 Å². The molecule has 0 aliphatic heterocycles. The predicted molar refractivity (Wildman–Crippen MR) is 97.7 cm³/mol. The number of halogens is 6. The quantitative estimate of drug-likeness (QED) is 0.586. The number of amides is 1. The normalized spacial score (nSPS) is 11.4. The van der Waals surface area contributed by atoms with E-state index in [2.05, 4.69) is 5.32 Å². The molecule has 2 aromatic rings. The number of anilines is 1. The van der Waals surface area contributed by atoms with E-state index in [0.717, 1.165) is 17.7 Å². The molecular formula is C16H11Cl3F3NOS. The van der Waals surface area contributed by atoms with Crippen LogP contribution in [0.15, 0.2) is 36.4 Å². The Morgan fingerprint density at radius 1 is 1.04 bits per heavy atom. The van der Waals surface area contributed by atoms with Gasteiger partial charge in [0, 0.05) is 10.8 Å². The molecule has 2 nitrogen and oxygen atoms in total. The molecule has 0 saturated heterocycles. The molecule has 9 heteroatoms. The Balaban J connectivity index is 1.95. The van der Waals surface area contributed by atoms with Gasteiger partial charge in [0.2, 0.25) is 5.91 Å². The third kappa shape index (κ3) is 5.99. The highest BCUT2D eigenvalue weighted by molar-refractivity contribution is 7.99. The minimum Gasteiger partial charge on any atom is -0.325 e. The van der Waals surface area contributed by atoms with Gasteiger partial charge in [-0.3, -0.25) is 4.79 Å². The smallest absolute Gasteiger partial charge is 0.325 e. The van der Waals surface area contributed by atoms with E-state index in [1.54, 1.807) is 18.2 Å². The van der Waals surface area contributed by atoms with Gasteiger partial charge in [0.25, 0.3) is 0 Å². The zero-order valence-electron chi connectivity index (χ0n) is 12.5. The first kappa shape index (κ1) is 20.2. The molecule has 0 unspecified atom stereocenters. The van der Waals surface area contributed by atoms with Crippen LogP contribution in [0.3, 0.4) is 0 Å². The number of carbonyl (C=O) groups excluding carboxylic acids is 1. The van der Waals surface area contributed by atoms with E-state index >= 15 is 0 Å². The van der Waals surface area contributed by atoms with Crippen molar-refractivity contribution in [1.82, 2.24) is 0 Å². The second-order valence-corrected chi connectivity index (χ2v) is 7.21. The fraction of sp³-hybridized carbons (Fsp3) is 0.188. The van der Waals surface area contributed by atoms with E-state index in [9.17, 15) is 18.0 Å². The van der Waals surface area contributed by atoms with Gasteiger partial charge in [-0.05, 0) is 35.9 Å². The molecule has 0 saturated carbocycles. The molecule has 1 N–H and O–H groups in total. The van der Waals surface area contributed by atoms with Gasteiger partial charge in [0.05, 0.1) is 27.0 Å². The van der Waals surface area contributed by atoms with Crippen LogP contribution in [0.4, 0.5) is 18.9 Å². The van der Waals surface area contributed by atoms with Crippen molar-refractivity contribution < 1.29 is 18.0 Å². The molecule has 0 radical (unpaired) electrons. The van der Waals surface area contributed by atoms with Crippen LogP contribution in [-0.2, 0) is 16.7 Å². The Morgan fingerprint density at radius 2 is 1.76 bits per heavy atom. The summed E-state index contributed by atoms with van der Waals surface area (Å²) in [4.78, 5) is 11.9. The highest BCUT2D eigenvalue weighted by Gasteiger charge is 2.34. The van der Waals surface area contributed by atoms with Crippen molar-refractivity contribution in [2.75, 3.05) is 11.1 Å². The maximum absolute atomic E-state index is 13.0. The summed E-state index contributed by atoms with van der Waals surface area (Å²) < 4.78 is 39.0. The molecule has 25 heavy (non-hydrogen) atoms. The molecule has 134 valence electrons. The Kier molecular flexibility index (Phi) is 6.91. The lowest BCUT2D eigenvalue weighted by molar-refractivity contribution is -0.137. The van der Waals surface area contributed by atoms with Gasteiger partial charge in [-0.25, -0.2) is 0 Å². The number of carbonyl (C=O) groups is 1. The molecule has 0 aromatic heterocycles. The first-order valence-corrected chi connectivity index (χ1v) is 9.14. The number of benzene rings is 2. The summed E-state index contributed by atoms with van der Waals surface area (Å²) in [7, 11) is 0. The van der Waals surface area contributed by atoms with Gasteiger partial charge in [-0.1, -0.05) is 40.9 Å². The van der Waals surface area contributed by atoms with Crippen LogP contribution < -0.4 is 5.32 Å². The number of alkyl halides is 3. The van der Waals surface area contributed by atoms with Gasteiger partial charge < -0.3 is 5.32 Å². The lowest BCUT2D eigenvalue weighted by Crippen LogP contribution is -2.18. The van der Waals surface area contributed by atoms with Crippen LogP contribution in [0.1, 0.15) is 11.1 Å². The molecule has 0 heterocycles. The fourth-order valence-electron chi connectivity index (χ4n) is 1.94. The van der Waals surface area contributed by atoms with E-state index in [1.807, 2.05) is 0 Å². The number of nitrogens with one attached hydrogen (secondary N) is 1. The average Bonchev–Trinajstić information content (AvgIpc) is 2.51. The highest BCUT2D eigenvalue weighted by Crippen LogP contribution is 2.36. The van der Waals surface area contributed by atoms with Crippen molar-refractivity contribution in [2.45, 2.75) is 11.9 Å². The number of hydrogen-bond donors (Lipinski definition) is 1. The van der Waals surface area contributed by atoms with E-state index < -0.39 is 17.6 Å². The summed E-state index contributed by atoms with van der Waals surface area (Å²) in [5.74, 6) is -0.0880. The van der Waals surface area contributed by atoms with Gasteiger partial charge in [-0.15, -0.1) is 11.8 Å². The summed E-state index contributed by atoms with van der Waals surface area (Å²) in [5, 5.41) is 3.04. The van der Waals surface area contributed by atoms with E-state index in [0.29, 0.717) is 15.8 Å². The topological polar surface area (TPSA) is 29.1 Å². The Bertz CT molecular complexity index is 784. The Morgan fingerprint density at radius 3 is 2.40 bits per heavy atom. The molecule has 0 aliphatic rings. The van der Waals surface area contributed by atoms with Crippen LogP contribution in [0.2, 0.25) is 15.1 Å². The number of hydrogen-bond acceptors (Lipinski definition) is 2. The largest absolute Gasteiger partial charge is 0.418 e. The molecule has 2 aromatic carbocycles. The maximum atomic E-state index is 13.0. The third-order valence-corrected chi connectivity index (χ3v) is 5.02. The zero-order chi connectivity index (χ0) is 18.6. The standard InChI is InChI=1S/C16H11Cl3F3NOS/c17-10-2-4-14(11(6-10)16(20,21)22)23-15(24)8-25-7-9-1-3-12(18)13(19)5-9/h1-6H,7-8H2,(H,23,24). The second-order valence-electron chi connectivity index (χ2n) is 4.98. The molecule has 1 amide bonds. The maximum Gasteiger partial charge on any atom is 0.418 e. The average molecular weight is 429 g/mol. The lowest BCUT2D eigenvalue weighted by Gasteiger charge is -2.14. The molecule has 0 fully saturated rings. The van der Waals surface area contributed by atoms with Crippen molar-refractivity contribution in [3.05, 3.63) is 62.6 Å². The minimum absolute atomic E-state index is 0.0137. The molecule has 2 rings (SSSR count). The highest BCUT2D eigenvalue weighted by atomic mass is 35.5. The Hall–Kier alpha value is -1.08. The third-order valence-electron chi connectivity index (χ3n) is 3.05. The van der Waals surface area contributed by atoms with Gasteiger partial charge >= 0.3 is 6.18 Å². The van der Waals surface area contributed by atoms with Crippen LogP contribution in [0.25, 0.3) is 0 Å². The van der Waals surface area contributed by atoms with E-state index in [-0.39, 0.29) is 16.5 Å². The second kappa shape index (κ2) is 8.54. The predicted octanol–water partition coefficient (Wildman–Crippen LogP) is 6.54. The first-order chi connectivity index (χ1) is 11.7. The van der Waals surface area contributed by atoms with Crippen LogP contribution >= 0.6 is 46.6 Å². The van der Waals surface area contributed by atoms with E-state index in [1.165, 1.54) is 17.8 Å². The number of rotatable bonds is 5. The Labute approximate surface area is 161 Å². The molecular weight excluding hydrogens is 418 g/mol. The molecule has 0 aliphatic carbocycles. The van der Waals surface area contributed by atoms with Gasteiger partial charge in [0.1, 0.15) is 0 Å². The van der Waals surface area contributed by atoms with Gasteiger partial charge in [-0.2, -0.15) is 13.2 Å². The zero-order valence-corrected chi connectivity index (χ0v) is 15.5. The lowest BCUT2D eigenvalue weighted by atomic mass is 10.1. The van der Waals surface area contributed by atoms with Crippen LogP contribution in [0.5, 0.6) is 0 Å². The first-order valence-electron chi connectivity index (χ1n) is 6.85. The van der Waals surface area contributed by atoms with Crippen molar-refractivity contribution in [3.63, 3.8) is 0 Å². The fourth-order valence-corrected chi connectivity index (χ4v) is 3.20. The summed E-state index contributed by atoms with van der Waals surface area (Å²) in [5.41, 5.74) is -0.449. The summed E-state index contributed by atoms with van der Waals surface area (Å²) in [6.07, 6.45) is -4.61. The van der Waals surface area contributed by atoms with Crippen LogP contribution in [-0.4, -0.2) is 11.7 Å². The van der Waals surface area contributed by atoms with Crippen molar-refractivity contribution in [3.8, 4) is 0 Å². The van der Waals surface area contributed by atoms with Crippen molar-refractivity contribution in [2.24, 2.45) is 0 Å². The number of thioether (sulfide) groups is 1. The summed E-state index contributed by atoms with van der Waals surface area (Å²) in [6.45, 7) is 0. The van der Waals surface area contributed by atoms with Gasteiger partial charge in [0.15, 0.2) is 0 Å². The van der Waals surface area contributed by atoms with E-state index in [4.69, 9.17) is 34.8 Å². The van der Waals surface area contributed by atoms with Crippen molar-refractivity contribution >= 4 is 58.2 Å². The summed E-state index contributed by atoms with van der Waals surface area (Å²) in [6, 6.07) is 8.28. The minimum atomic E-state index is -4.61. The molecule has 0 bridgehead atoms. The van der Waals surface area contributed by atoms with Crippen molar-refractivity contribution in [1.29, 1.82) is 0 Å². The SMILES string of the molecule is O=C(CSCc1ccc(Cl)c(Cl)c1)Nc1ccc(Cl)cc1C(F)(F)F. The molecule has 0 atom stereocenters.